The number of hydrogen-bond donors (Lipinski definition) is 0. The van der Waals surface area contributed by atoms with Crippen LogP contribution in [0.25, 0.3) is 0 Å². The number of pyridine rings is 1. The van der Waals surface area contributed by atoms with Crippen LogP contribution >= 0.6 is 10.9 Å². The second kappa shape index (κ2) is 12.3. The van der Waals surface area contributed by atoms with Gasteiger partial charge in [0.15, 0.2) is 0 Å². The molecule has 1 aromatic carbocycles. The van der Waals surface area contributed by atoms with Crippen LogP contribution in [0.15, 0.2) is 52.9 Å². The molecule has 0 bridgehead atoms. The van der Waals surface area contributed by atoms with Gasteiger partial charge in [-0.2, -0.15) is 18.3 Å². The fourth-order valence-electron chi connectivity index (χ4n) is 3.80. The molecule has 4 rings (SSSR count). The van der Waals surface area contributed by atoms with Crippen LogP contribution in [-0.4, -0.2) is 52.6 Å². The molecular weight excluding hydrogens is 491 g/mol. The van der Waals surface area contributed by atoms with E-state index in [0.29, 0.717) is 18.7 Å². The first-order valence-corrected chi connectivity index (χ1v) is 12.9. The van der Waals surface area contributed by atoms with E-state index in [1.165, 1.54) is 6.07 Å². The first-order chi connectivity index (χ1) is 17.3. The third-order valence-corrected chi connectivity index (χ3v) is 7.59. The summed E-state index contributed by atoms with van der Waals surface area (Å²) >= 11 is 0. The maximum atomic E-state index is 15.1. The highest BCUT2D eigenvalue weighted by molar-refractivity contribution is 8.13. The van der Waals surface area contributed by atoms with Crippen molar-refractivity contribution in [3.8, 4) is 5.97 Å². The summed E-state index contributed by atoms with van der Waals surface area (Å²) in [5.41, 5.74) is 0.505. The van der Waals surface area contributed by atoms with Gasteiger partial charge in [-0.25, -0.2) is 14.0 Å². The maximum Gasteiger partial charge on any atom is 0.431 e. The average Bonchev–Trinajstić information content (AvgIpc) is 3.41. The minimum Gasteiger partial charge on any atom is -0.304 e. The van der Waals surface area contributed by atoms with Crippen molar-refractivity contribution in [2.45, 2.75) is 45.6 Å². The van der Waals surface area contributed by atoms with Crippen LogP contribution in [0, 0.1) is 17.0 Å². The largest absolute Gasteiger partial charge is 0.431 e. The topological polar surface area (TPSA) is 67.9 Å². The van der Waals surface area contributed by atoms with E-state index in [-0.39, 0.29) is 24.5 Å². The predicted molar refractivity (Wildman–Crippen MR) is 140 cm³/mol. The first-order valence-electron chi connectivity index (χ1n) is 11.6. The Morgan fingerprint density at radius 1 is 1.19 bits per heavy atom. The normalized spacial score (nSPS) is 16.9. The van der Waals surface area contributed by atoms with Gasteiger partial charge in [-0.05, 0) is 47.6 Å². The highest BCUT2D eigenvalue weighted by atomic mass is 32.2. The van der Waals surface area contributed by atoms with Gasteiger partial charge in [0.05, 0.1) is 24.1 Å². The Morgan fingerprint density at radius 2 is 1.92 bits per heavy atom. The second-order valence-electron chi connectivity index (χ2n) is 7.99. The van der Waals surface area contributed by atoms with Gasteiger partial charge in [-0.15, -0.1) is 5.10 Å². The first kappa shape index (κ1) is 27.6. The van der Waals surface area contributed by atoms with Crippen LogP contribution in [0.4, 0.5) is 23.2 Å². The highest BCUT2D eigenvalue weighted by Crippen LogP contribution is 2.34. The Bertz CT molecular complexity index is 1170. The highest BCUT2D eigenvalue weighted by Gasteiger charge is 2.39. The van der Waals surface area contributed by atoms with Crippen LogP contribution < -0.4 is 4.31 Å². The van der Waals surface area contributed by atoms with Gasteiger partial charge in [-0.1, -0.05) is 26.0 Å². The number of nitriles is 1. The number of alkyl halides is 3. The molecule has 2 aliphatic rings. The van der Waals surface area contributed by atoms with Crippen LogP contribution in [0.2, 0.25) is 12.6 Å². The second-order valence-corrected chi connectivity index (χ2v) is 9.63. The molecule has 1 atom stereocenters. The summed E-state index contributed by atoms with van der Waals surface area (Å²) < 4.78 is 57.8. The van der Waals surface area contributed by atoms with Crippen molar-refractivity contribution in [2.24, 2.45) is 10.2 Å². The molecule has 0 saturated carbocycles. The average molecular weight is 518 g/mol. The summed E-state index contributed by atoms with van der Waals surface area (Å²) in [4.78, 5) is 4.18. The molecule has 0 amide bonds. The van der Waals surface area contributed by atoms with Crippen LogP contribution in [0.1, 0.15) is 31.4 Å². The number of anilines is 1. The summed E-state index contributed by atoms with van der Waals surface area (Å²) in [7, 11) is -0.659. The lowest BCUT2D eigenvalue weighted by Crippen LogP contribution is -2.37. The molecule has 0 N–H and O–H groups in total. The molecular formula is C24H27BF4N6S. The Balaban J connectivity index is 0.00000176. The molecule has 3 heterocycles. The van der Waals surface area contributed by atoms with Crippen LogP contribution in [0.3, 0.4) is 0 Å². The van der Waals surface area contributed by atoms with Crippen LogP contribution in [0.5, 0.6) is 0 Å². The van der Waals surface area contributed by atoms with Crippen LogP contribution in [-0.2, 0) is 6.54 Å². The monoisotopic (exact) mass is 518 g/mol. The lowest BCUT2D eigenvalue weighted by atomic mass is 9.45. The van der Waals surface area contributed by atoms with E-state index in [2.05, 4.69) is 31.3 Å². The zero-order valence-electron chi connectivity index (χ0n) is 20.2. The number of benzene rings is 1. The lowest BCUT2D eigenvalue weighted by Gasteiger charge is -2.37. The molecule has 0 spiro atoms. The Labute approximate surface area is 211 Å². The van der Waals surface area contributed by atoms with Gasteiger partial charge in [0.2, 0.25) is 0 Å². The third kappa shape index (κ3) is 6.59. The van der Waals surface area contributed by atoms with Crippen molar-refractivity contribution in [1.82, 2.24) is 9.29 Å². The summed E-state index contributed by atoms with van der Waals surface area (Å²) in [5.74, 6) is 6.10. The smallest absolute Gasteiger partial charge is 0.304 e. The van der Waals surface area contributed by atoms with Crippen molar-refractivity contribution in [1.29, 1.82) is 5.26 Å². The summed E-state index contributed by atoms with van der Waals surface area (Å²) in [6.45, 7) is 5.65. The Morgan fingerprint density at radius 3 is 2.47 bits per heavy atom. The van der Waals surface area contributed by atoms with Crippen molar-refractivity contribution >= 4 is 40.6 Å². The SMILES string of the molecule is C=S(N1CCB(C#N)CC1)N(Cc1ccc(C2=NN=C(C(F)(F)F)C2)cc1F)c1cccnc1.CC. The van der Waals surface area contributed by atoms with E-state index < -0.39 is 35.0 Å². The minimum absolute atomic E-state index is 0.0328. The van der Waals surface area contributed by atoms with E-state index >= 15 is 4.39 Å². The standard InChI is InChI=1S/C22H21BF4N6S.C2H6/c1-34(32-9-6-23(15-28)7-10-32)33(18-3-2-8-29-13-18)14-17-5-4-16(11-19(17)24)20-12-21(31-30-20)22(25,26)27;1-2/h2-5,8,11,13H,1,6-7,9-10,12,14H2;1-2H3. The van der Waals surface area contributed by atoms with Gasteiger partial charge in [0, 0.05) is 42.8 Å². The van der Waals surface area contributed by atoms with Crippen molar-refractivity contribution in [3.63, 3.8) is 0 Å². The molecule has 1 unspecified atom stereocenters. The molecule has 0 aliphatic carbocycles. The van der Waals surface area contributed by atoms with Gasteiger partial charge < -0.3 is 4.31 Å². The molecule has 1 saturated heterocycles. The van der Waals surface area contributed by atoms with Gasteiger partial charge in [0.1, 0.15) is 11.5 Å². The molecule has 2 aromatic rings. The molecule has 1 aromatic heterocycles. The van der Waals surface area contributed by atoms with Crippen molar-refractivity contribution in [3.05, 3.63) is 59.7 Å². The molecule has 190 valence electrons. The fraction of sp³-hybridized carbons (Fsp3) is 0.375. The third-order valence-electron chi connectivity index (χ3n) is 5.78. The number of aromatic nitrogens is 1. The number of hydrogen-bond acceptors (Lipinski definition) is 6. The summed E-state index contributed by atoms with van der Waals surface area (Å²) in [6, 6.07) is 7.98. The van der Waals surface area contributed by atoms with Crippen molar-refractivity contribution < 1.29 is 17.6 Å². The van der Waals surface area contributed by atoms with Gasteiger partial charge in [0.25, 0.3) is 6.71 Å². The molecule has 1 fully saturated rings. The molecule has 6 nitrogen and oxygen atoms in total. The predicted octanol–water partition coefficient (Wildman–Crippen LogP) is 5.77. The van der Waals surface area contributed by atoms with Crippen molar-refractivity contribution in [2.75, 3.05) is 17.4 Å². The van der Waals surface area contributed by atoms with Gasteiger partial charge >= 0.3 is 6.18 Å². The van der Waals surface area contributed by atoms with E-state index in [9.17, 15) is 18.4 Å². The van der Waals surface area contributed by atoms with E-state index in [0.717, 1.165) is 18.3 Å². The molecule has 36 heavy (non-hydrogen) atoms. The molecule has 0 radical (unpaired) electrons. The van der Waals surface area contributed by atoms with Gasteiger partial charge in [-0.3, -0.25) is 4.98 Å². The summed E-state index contributed by atoms with van der Waals surface area (Å²) in [5, 5.41) is 16.0. The zero-order chi connectivity index (χ0) is 26.3. The fourth-order valence-corrected chi connectivity index (χ4v) is 5.35. The Kier molecular flexibility index (Phi) is 9.40. The Hall–Kier alpha value is -3.04. The number of nitrogens with zero attached hydrogens (tertiary/aromatic N) is 6. The van der Waals surface area contributed by atoms with E-state index in [1.54, 1.807) is 30.6 Å². The quantitative estimate of drug-likeness (QED) is 0.277. The lowest BCUT2D eigenvalue weighted by molar-refractivity contribution is -0.0596. The number of rotatable bonds is 6. The van der Waals surface area contributed by atoms with E-state index in [4.69, 9.17) is 0 Å². The molecule has 12 heteroatoms. The number of halogens is 4. The maximum absolute atomic E-state index is 15.1. The molecule has 2 aliphatic heterocycles. The van der Waals surface area contributed by atoms with E-state index in [1.807, 2.05) is 24.2 Å². The minimum atomic E-state index is -4.56. The zero-order valence-corrected chi connectivity index (χ0v) is 21.0. The summed E-state index contributed by atoms with van der Waals surface area (Å²) in [6.07, 6.45) is -0.197.